The summed E-state index contributed by atoms with van der Waals surface area (Å²) in [6.07, 6.45) is 0. The minimum atomic E-state index is -2.80. The molecule has 0 fully saturated rings. The summed E-state index contributed by atoms with van der Waals surface area (Å²) >= 11 is 0. The van der Waals surface area contributed by atoms with Crippen molar-refractivity contribution in [2.45, 2.75) is 33.2 Å². The first-order valence-electron chi connectivity index (χ1n) is 4.22. The second-order valence-electron chi connectivity index (χ2n) is 3.91. The Morgan fingerprint density at radius 3 is 2.08 bits per heavy atom. The molecule has 0 rings (SSSR count). The summed E-state index contributed by atoms with van der Waals surface area (Å²) in [5.41, 5.74) is 0.00324. The van der Waals surface area contributed by atoms with Crippen molar-refractivity contribution >= 4 is 9.84 Å². The second-order valence-corrected chi connectivity index (χ2v) is 6.39. The summed E-state index contributed by atoms with van der Waals surface area (Å²) in [5, 5.41) is 3.13. The molecule has 0 aliphatic rings. The van der Waals surface area contributed by atoms with Gasteiger partial charge in [0.2, 0.25) is 0 Å². The van der Waals surface area contributed by atoms with Crippen LogP contribution in [0.25, 0.3) is 0 Å². The van der Waals surface area contributed by atoms with Crippen LogP contribution in [0, 0.1) is 0 Å². The first kappa shape index (κ1) is 11.9. The zero-order chi connectivity index (χ0) is 9.83. The first-order valence-corrected chi connectivity index (χ1v) is 6.04. The van der Waals surface area contributed by atoms with Crippen LogP contribution in [0.3, 0.4) is 0 Å². The van der Waals surface area contributed by atoms with Crippen LogP contribution in [0.1, 0.15) is 27.7 Å². The Morgan fingerprint density at radius 1 is 1.25 bits per heavy atom. The Balaban J connectivity index is 3.73. The number of hydrogen-bond donors (Lipinski definition) is 1. The van der Waals surface area contributed by atoms with Crippen molar-refractivity contribution in [3.05, 3.63) is 0 Å². The third-order valence-corrected chi connectivity index (χ3v) is 3.21. The third kappa shape index (κ3) is 6.61. The van der Waals surface area contributed by atoms with Crippen LogP contribution in [0.15, 0.2) is 0 Å². The van der Waals surface area contributed by atoms with Gasteiger partial charge in [0, 0.05) is 17.8 Å². The zero-order valence-electron chi connectivity index (χ0n) is 8.35. The van der Waals surface area contributed by atoms with E-state index in [1.165, 1.54) is 0 Å². The lowest BCUT2D eigenvalue weighted by Gasteiger charge is -2.20. The molecule has 0 aliphatic carbocycles. The quantitative estimate of drug-likeness (QED) is 0.718. The summed E-state index contributed by atoms with van der Waals surface area (Å²) < 4.78 is 22.1. The first-order chi connectivity index (χ1) is 5.27. The summed E-state index contributed by atoms with van der Waals surface area (Å²) in [4.78, 5) is 0. The van der Waals surface area contributed by atoms with E-state index >= 15 is 0 Å². The molecule has 12 heavy (non-hydrogen) atoms. The van der Waals surface area contributed by atoms with Gasteiger partial charge in [0.25, 0.3) is 0 Å². The molecule has 74 valence electrons. The molecule has 1 N–H and O–H groups in total. The molecule has 0 saturated carbocycles. The van der Waals surface area contributed by atoms with Gasteiger partial charge in [-0.15, -0.1) is 0 Å². The molecule has 0 radical (unpaired) electrons. The normalized spacial score (nSPS) is 13.3. The van der Waals surface area contributed by atoms with Gasteiger partial charge >= 0.3 is 0 Å². The molecule has 0 spiro atoms. The van der Waals surface area contributed by atoms with Crippen LogP contribution in [-0.2, 0) is 9.84 Å². The van der Waals surface area contributed by atoms with Gasteiger partial charge in [-0.25, -0.2) is 8.42 Å². The van der Waals surface area contributed by atoms with Gasteiger partial charge < -0.3 is 5.32 Å². The molecule has 0 bridgehead atoms. The molecule has 3 nitrogen and oxygen atoms in total. The van der Waals surface area contributed by atoms with Crippen molar-refractivity contribution in [1.82, 2.24) is 5.32 Å². The summed E-state index contributed by atoms with van der Waals surface area (Å²) in [5.74, 6) is 0.472. The van der Waals surface area contributed by atoms with E-state index < -0.39 is 9.84 Å². The van der Waals surface area contributed by atoms with E-state index in [1.54, 1.807) is 6.92 Å². The van der Waals surface area contributed by atoms with Crippen LogP contribution in [0.2, 0.25) is 0 Å². The van der Waals surface area contributed by atoms with Gasteiger partial charge in [0.15, 0.2) is 9.84 Å². The van der Waals surface area contributed by atoms with Crippen LogP contribution in [0.5, 0.6) is 0 Å². The fourth-order valence-corrected chi connectivity index (χ4v) is 1.43. The SMILES string of the molecule is CCS(=O)(=O)CCNC(C)(C)C. The van der Waals surface area contributed by atoms with E-state index in [1.807, 2.05) is 20.8 Å². The highest BCUT2D eigenvalue weighted by Crippen LogP contribution is 1.98. The zero-order valence-corrected chi connectivity index (χ0v) is 9.16. The van der Waals surface area contributed by atoms with E-state index in [9.17, 15) is 8.42 Å². The van der Waals surface area contributed by atoms with E-state index in [2.05, 4.69) is 5.32 Å². The fraction of sp³-hybridized carbons (Fsp3) is 1.00. The standard InChI is InChI=1S/C8H19NO2S/c1-5-12(10,11)7-6-9-8(2,3)4/h9H,5-7H2,1-4H3. The summed E-state index contributed by atoms with van der Waals surface area (Å²) in [6, 6.07) is 0. The Labute approximate surface area is 75.5 Å². The Bertz CT molecular complexity index is 214. The van der Waals surface area contributed by atoms with E-state index in [4.69, 9.17) is 0 Å². The van der Waals surface area contributed by atoms with Crippen molar-refractivity contribution < 1.29 is 8.42 Å². The van der Waals surface area contributed by atoms with Gasteiger partial charge in [-0.05, 0) is 20.8 Å². The lowest BCUT2D eigenvalue weighted by Crippen LogP contribution is -2.39. The van der Waals surface area contributed by atoms with Gasteiger partial charge in [-0.2, -0.15) is 0 Å². The molecule has 0 aromatic rings. The monoisotopic (exact) mass is 193 g/mol. The maximum atomic E-state index is 11.0. The van der Waals surface area contributed by atoms with Crippen LogP contribution in [-0.4, -0.2) is 32.0 Å². The van der Waals surface area contributed by atoms with Crippen molar-refractivity contribution in [1.29, 1.82) is 0 Å². The van der Waals surface area contributed by atoms with E-state index in [0.717, 1.165) is 0 Å². The van der Waals surface area contributed by atoms with Crippen molar-refractivity contribution in [3.63, 3.8) is 0 Å². The van der Waals surface area contributed by atoms with Crippen molar-refractivity contribution in [2.75, 3.05) is 18.1 Å². The minimum Gasteiger partial charge on any atom is -0.311 e. The fourth-order valence-electron chi connectivity index (χ4n) is 0.726. The summed E-state index contributed by atoms with van der Waals surface area (Å²) in [7, 11) is -2.80. The maximum Gasteiger partial charge on any atom is 0.151 e. The average Bonchev–Trinajstić information content (AvgIpc) is 1.84. The van der Waals surface area contributed by atoms with Crippen LogP contribution < -0.4 is 5.32 Å². The number of rotatable bonds is 4. The van der Waals surface area contributed by atoms with Gasteiger partial charge in [0.1, 0.15) is 0 Å². The average molecular weight is 193 g/mol. The molecule has 0 saturated heterocycles. The van der Waals surface area contributed by atoms with Gasteiger partial charge in [0.05, 0.1) is 5.75 Å². The van der Waals surface area contributed by atoms with Gasteiger partial charge in [-0.1, -0.05) is 6.92 Å². The van der Waals surface area contributed by atoms with E-state index in [0.29, 0.717) is 6.54 Å². The highest BCUT2D eigenvalue weighted by Gasteiger charge is 2.11. The second kappa shape index (κ2) is 4.23. The largest absolute Gasteiger partial charge is 0.311 e. The van der Waals surface area contributed by atoms with E-state index in [-0.39, 0.29) is 17.0 Å². The smallest absolute Gasteiger partial charge is 0.151 e. The molecule has 0 aromatic carbocycles. The minimum absolute atomic E-state index is 0.00324. The third-order valence-electron chi connectivity index (χ3n) is 1.51. The van der Waals surface area contributed by atoms with Crippen LogP contribution >= 0.6 is 0 Å². The molecule has 0 aromatic heterocycles. The van der Waals surface area contributed by atoms with Gasteiger partial charge in [-0.3, -0.25) is 0 Å². The molecular weight excluding hydrogens is 174 g/mol. The van der Waals surface area contributed by atoms with Crippen molar-refractivity contribution in [2.24, 2.45) is 0 Å². The lowest BCUT2D eigenvalue weighted by atomic mass is 10.1. The molecule has 4 heteroatoms. The Morgan fingerprint density at radius 2 is 1.75 bits per heavy atom. The molecule has 0 aliphatic heterocycles. The summed E-state index contributed by atoms with van der Waals surface area (Å²) in [6.45, 7) is 8.27. The number of nitrogens with one attached hydrogen (secondary N) is 1. The molecule has 0 atom stereocenters. The maximum absolute atomic E-state index is 11.0. The lowest BCUT2D eigenvalue weighted by molar-refractivity contribution is 0.439. The number of sulfone groups is 1. The predicted octanol–water partition coefficient (Wildman–Crippen LogP) is 0.809. The predicted molar refractivity (Wildman–Crippen MR) is 52.1 cm³/mol. The Kier molecular flexibility index (Phi) is 4.20. The molecule has 0 amide bonds. The highest BCUT2D eigenvalue weighted by atomic mass is 32.2. The molecule has 0 unspecified atom stereocenters. The molecule has 0 heterocycles. The molecular formula is C8H19NO2S. The highest BCUT2D eigenvalue weighted by molar-refractivity contribution is 7.91. The topological polar surface area (TPSA) is 46.2 Å². The number of hydrogen-bond acceptors (Lipinski definition) is 3. The van der Waals surface area contributed by atoms with Crippen molar-refractivity contribution in [3.8, 4) is 0 Å². The van der Waals surface area contributed by atoms with Crippen LogP contribution in [0.4, 0.5) is 0 Å². The Hall–Kier alpha value is -0.0900.